The summed E-state index contributed by atoms with van der Waals surface area (Å²) in [7, 11) is 0. The van der Waals surface area contributed by atoms with Crippen LogP contribution in [0.15, 0.2) is 0 Å². The number of nitrogens with zero attached hydrogens (tertiary/aromatic N) is 2. The predicted octanol–water partition coefficient (Wildman–Crippen LogP) is 0.765. The summed E-state index contributed by atoms with van der Waals surface area (Å²) in [6, 6.07) is 0. The van der Waals surface area contributed by atoms with Crippen molar-refractivity contribution < 1.29 is 5.11 Å². The van der Waals surface area contributed by atoms with E-state index in [1.54, 1.807) is 0 Å². The zero-order valence-corrected chi connectivity index (χ0v) is 12.2. The topological polar surface area (TPSA) is 38.7 Å². The van der Waals surface area contributed by atoms with Crippen LogP contribution >= 0.6 is 0 Å². The molecule has 1 aliphatic heterocycles. The van der Waals surface area contributed by atoms with Crippen molar-refractivity contribution in [1.29, 1.82) is 0 Å². The second-order valence-electron chi connectivity index (χ2n) is 5.25. The number of hydrogen-bond acceptors (Lipinski definition) is 4. The smallest absolute Gasteiger partial charge is 0.0791 e. The van der Waals surface area contributed by atoms with E-state index in [1.807, 2.05) is 0 Å². The fraction of sp³-hybridized carbons (Fsp3) is 1.00. The molecular weight excluding hydrogens is 226 g/mol. The van der Waals surface area contributed by atoms with Crippen molar-refractivity contribution in [3.8, 4) is 0 Å². The van der Waals surface area contributed by atoms with Crippen LogP contribution < -0.4 is 5.32 Å². The summed E-state index contributed by atoms with van der Waals surface area (Å²) in [6.07, 6.45) is 3.70. The second kappa shape index (κ2) is 9.73. The number of aliphatic hydroxyl groups excluding tert-OH is 1. The summed E-state index contributed by atoms with van der Waals surface area (Å²) in [5, 5.41) is 13.2. The highest BCUT2D eigenvalue weighted by Crippen LogP contribution is 2.06. The molecule has 1 aliphatic rings. The van der Waals surface area contributed by atoms with E-state index >= 15 is 0 Å². The zero-order chi connectivity index (χ0) is 13.2. The molecule has 1 saturated heterocycles. The Morgan fingerprint density at radius 3 is 2.50 bits per heavy atom. The summed E-state index contributed by atoms with van der Waals surface area (Å²) in [6.45, 7) is 12.6. The van der Waals surface area contributed by atoms with Gasteiger partial charge in [-0.05, 0) is 58.5 Å². The normalized spacial score (nSPS) is 18.7. The lowest BCUT2D eigenvalue weighted by Gasteiger charge is -2.22. The average Bonchev–Trinajstić information content (AvgIpc) is 2.88. The minimum Gasteiger partial charge on any atom is -0.390 e. The van der Waals surface area contributed by atoms with Crippen molar-refractivity contribution >= 4 is 0 Å². The lowest BCUT2D eigenvalue weighted by Crippen LogP contribution is -2.38. The molecular formula is C14H31N3O. The van der Waals surface area contributed by atoms with Crippen molar-refractivity contribution in [2.24, 2.45) is 0 Å². The molecule has 18 heavy (non-hydrogen) atoms. The summed E-state index contributed by atoms with van der Waals surface area (Å²) >= 11 is 0. The van der Waals surface area contributed by atoms with E-state index in [2.05, 4.69) is 29.0 Å². The zero-order valence-electron chi connectivity index (χ0n) is 12.2. The first-order chi connectivity index (χ1) is 8.76. The summed E-state index contributed by atoms with van der Waals surface area (Å²) in [4.78, 5) is 4.80. The van der Waals surface area contributed by atoms with Crippen LogP contribution in [0.25, 0.3) is 0 Å². The third-order valence-electron chi connectivity index (χ3n) is 3.77. The maximum absolute atomic E-state index is 9.88. The summed E-state index contributed by atoms with van der Waals surface area (Å²) in [5.74, 6) is 0. The lowest BCUT2D eigenvalue weighted by atomic mass is 10.3. The average molecular weight is 257 g/mol. The van der Waals surface area contributed by atoms with Crippen molar-refractivity contribution in [2.45, 2.75) is 39.2 Å². The van der Waals surface area contributed by atoms with Crippen molar-refractivity contribution in [3.63, 3.8) is 0 Å². The number of aliphatic hydroxyl groups is 1. The molecule has 0 aromatic rings. The number of rotatable bonds is 10. The van der Waals surface area contributed by atoms with E-state index in [9.17, 15) is 5.11 Å². The Hall–Kier alpha value is -0.160. The van der Waals surface area contributed by atoms with Gasteiger partial charge in [-0.15, -0.1) is 0 Å². The monoisotopic (exact) mass is 257 g/mol. The van der Waals surface area contributed by atoms with Gasteiger partial charge in [-0.1, -0.05) is 13.8 Å². The largest absolute Gasteiger partial charge is 0.390 e. The first-order valence-electron chi connectivity index (χ1n) is 7.59. The van der Waals surface area contributed by atoms with Crippen molar-refractivity contribution in [1.82, 2.24) is 15.1 Å². The third-order valence-corrected chi connectivity index (χ3v) is 3.77. The van der Waals surface area contributed by atoms with Gasteiger partial charge >= 0.3 is 0 Å². The Kier molecular flexibility index (Phi) is 8.59. The molecule has 1 fully saturated rings. The van der Waals surface area contributed by atoms with Gasteiger partial charge in [0.1, 0.15) is 0 Å². The summed E-state index contributed by atoms with van der Waals surface area (Å²) in [5.41, 5.74) is 0. The van der Waals surface area contributed by atoms with Gasteiger partial charge in [0, 0.05) is 13.1 Å². The highest BCUT2D eigenvalue weighted by atomic mass is 16.3. The SMILES string of the molecule is CCN(CC)CC(O)CNCCCN1CCCC1. The molecule has 1 unspecified atom stereocenters. The van der Waals surface area contributed by atoms with E-state index in [0.29, 0.717) is 0 Å². The van der Waals surface area contributed by atoms with E-state index in [1.165, 1.54) is 38.9 Å². The summed E-state index contributed by atoms with van der Waals surface area (Å²) < 4.78 is 0. The fourth-order valence-corrected chi connectivity index (χ4v) is 2.55. The molecule has 0 aliphatic carbocycles. The molecule has 108 valence electrons. The molecule has 0 radical (unpaired) electrons. The third kappa shape index (κ3) is 6.69. The van der Waals surface area contributed by atoms with E-state index in [0.717, 1.165) is 32.7 Å². The van der Waals surface area contributed by atoms with Gasteiger partial charge in [0.05, 0.1) is 6.10 Å². The molecule has 0 aromatic carbocycles. The Morgan fingerprint density at radius 2 is 1.89 bits per heavy atom. The van der Waals surface area contributed by atoms with E-state index in [-0.39, 0.29) is 6.10 Å². The van der Waals surface area contributed by atoms with Gasteiger partial charge in [0.15, 0.2) is 0 Å². The van der Waals surface area contributed by atoms with Gasteiger partial charge in [-0.3, -0.25) is 0 Å². The number of likely N-dealkylation sites (N-methyl/N-ethyl adjacent to an activating group) is 1. The second-order valence-corrected chi connectivity index (χ2v) is 5.25. The highest BCUT2D eigenvalue weighted by Gasteiger charge is 2.11. The quantitative estimate of drug-likeness (QED) is 0.567. The highest BCUT2D eigenvalue weighted by molar-refractivity contribution is 4.68. The molecule has 1 rings (SSSR count). The first-order valence-corrected chi connectivity index (χ1v) is 7.59. The van der Waals surface area contributed by atoms with Crippen LogP contribution in [0.1, 0.15) is 33.1 Å². The van der Waals surface area contributed by atoms with Crippen LogP contribution in [0.5, 0.6) is 0 Å². The molecule has 0 spiro atoms. The van der Waals surface area contributed by atoms with Crippen molar-refractivity contribution in [3.05, 3.63) is 0 Å². The molecule has 4 nitrogen and oxygen atoms in total. The molecule has 1 heterocycles. The maximum atomic E-state index is 9.88. The number of likely N-dealkylation sites (tertiary alicyclic amines) is 1. The van der Waals surface area contributed by atoms with Crippen LogP contribution in [-0.4, -0.2) is 73.4 Å². The van der Waals surface area contributed by atoms with Gasteiger partial charge in [-0.2, -0.15) is 0 Å². The fourth-order valence-electron chi connectivity index (χ4n) is 2.55. The van der Waals surface area contributed by atoms with Gasteiger partial charge in [0.2, 0.25) is 0 Å². The Morgan fingerprint density at radius 1 is 1.22 bits per heavy atom. The number of nitrogens with one attached hydrogen (secondary N) is 1. The van der Waals surface area contributed by atoms with Crippen LogP contribution in [0.3, 0.4) is 0 Å². The van der Waals surface area contributed by atoms with E-state index in [4.69, 9.17) is 0 Å². The minimum atomic E-state index is -0.239. The molecule has 4 heteroatoms. The van der Waals surface area contributed by atoms with Crippen LogP contribution in [0.2, 0.25) is 0 Å². The Bertz CT molecular complexity index is 191. The molecule has 0 aromatic heterocycles. The van der Waals surface area contributed by atoms with Gasteiger partial charge in [-0.25, -0.2) is 0 Å². The van der Waals surface area contributed by atoms with E-state index < -0.39 is 0 Å². The molecule has 0 saturated carbocycles. The predicted molar refractivity (Wildman–Crippen MR) is 77.0 cm³/mol. The van der Waals surface area contributed by atoms with Gasteiger partial charge < -0.3 is 20.2 Å². The first kappa shape index (κ1) is 15.9. The molecule has 1 atom stereocenters. The lowest BCUT2D eigenvalue weighted by molar-refractivity contribution is 0.116. The van der Waals surface area contributed by atoms with Crippen LogP contribution in [-0.2, 0) is 0 Å². The van der Waals surface area contributed by atoms with Crippen molar-refractivity contribution in [2.75, 3.05) is 52.4 Å². The molecule has 0 bridgehead atoms. The molecule has 2 N–H and O–H groups in total. The number of hydrogen-bond donors (Lipinski definition) is 2. The van der Waals surface area contributed by atoms with Crippen LogP contribution in [0.4, 0.5) is 0 Å². The molecule has 0 amide bonds. The minimum absolute atomic E-state index is 0.239. The van der Waals surface area contributed by atoms with Crippen LogP contribution in [0, 0.1) is 0 Å². The van der Waals surface area contributed by atoms with Gasteiger partial charge in [0.25, 0.3) is 0 Å². The Labute approximate surface area is 112 Å². The Balaban J connectivity index is 1.92. The standard InChI is InChI=1S/C14H31N3O/c1-3-16(4-2)13-14(18)12-15-8-7-11-17-9-5-6-10-17/h14-15,18H,3-13H2,1-2H3. The maximum Gasteiger partial charge on any atom is 0.0791 e.